The number of aliphatic hydroxyl groups is 1. The van der Waals surface area contributed by atoms with Crippen LogP contribution in [0, 0.1) is 11.8 Å². The van der Waals surface area contributed by atoms with Crippen molar-refractivity contribution in [1.29, 1.82) is 0 Å². The highest BCUT2D eigenvalue weighted by atomic mass is 16.2. The molecular formula is C9H9NO. The molecule has 0 aliphatic carbocycles. The zero-order chi connectivity index (χ0) is 7.94. The van der Waals surface area contributed by atoms with Crippen LogP contribution in [0.2, 0.25) is 0 Å². The van der Waals surface area contributed by atoms with Crippen molar-refractivity contribution in [3.63, 3.8) is 0 Å². The minimum absolute atomic E-state index is 0.123. The first kappa shape index (κ1) is 7.77. The molecule has 56 valence electrons. The third-order valence-corrected chi connectivity index (χ3v) is 1.15. The molecule has 0 bridgehead atoms. The van der Waals surface area contributed by atoms with Crippen LogP contribution in [-0.4, -0.2) is 16.7 Å². The van der Waals surface area contributed by atoms with E-state index < -0.39 is 0 Å². The summed E-state index contributed by atoms with van der Waals surface area (Å²) < 4.78 is 0. The molecule has 1 aromatic heterocycles. The van der Waals surface area contributed by atoms with Gasteiger partial charge in [-0.1, -0.05) is 11.8 Å². The molecule has 0 amide bonds. The fraction of sp³-hybridized carbons (Fsp3) is 0.222. The Hall–Kier alpha value is -1.33. The molecule has 0 aromatic carbocycles. The summed E-state index contributed by atoms with van der Waals surface area (Å²) in [6.45, 7) is 0.123. The van der Waals surface area contributed by atoms with Gasteiger partial charge in [0.2, 0.25) is 0 Å². The first-order valence-electron chi connectivity index (χ1n) is 3.43. The van der Waals surface area contributed by atoms with Crippen molar-refractivity contribution >= 4 is 0 Å². The number of hydrogen-bond donors (Lipinski definition) is 1. The minimum atomic E-state index is 0.123. The van der Waals surface area contributed by atoms with Gasteiger partial charge in [0.25, 0.3) is 0 Å². The van der Waals surface area contributed by atoms with E-state index in [9.17, 15) is 0 Å². The lowest BCUT2D eigenvalue weighted by Gasteiger charge is -1.84. The SMILES string of the molecule is OCCC#Cc1ccncc1. The van der Waals surface area contributed by atoms with E-state index in [0.717, 1.165) is 5.56 Å². The molecule has 2 heteroatoms. The van der Waals surface area contributed by atoms with Crippen molar-refractivity contribution in [2.45, 2.75) is 6.42 Å². The second kappa shape index (κ2) is 4.48. The van der Waals surface area contributed by atoms with Gasteiger partial charge in [-0.15, -0.1) is 0 Å². The van der Waals surface area contributed by atoms with Crippen molar-refractivity contribution < 1.29 is 5.11 Å². The van der Waals surface area contributed by atoms with Gasteiger partial charge in [-0.2, -0.15) is 0 Å². The standard InChI is InChI=1S/C9H9NO/c11-8-2-1-3-9-4-6-10-7-5-9/h4-7,11H,2,8H2. The average molecular weight is 147 g/mol. The smallest absolute Gasteiger partial charge is 0.0540 e. The molecule has 1 rings (SSSR count). The van der Waals surface area contributed by atoms with Gasteiger partial charge in [0, 0.05) is 24.4 Å². The van der Waals surface area contributed by atoms with Gasteiger partial charge in [-0.05, 0) is 12.1 Å². The van der Waals surface area contributed by atoms with Gasteiger partial charge >= 0.3 is 0 Å². The van der Waals surface area contributed by atoms with Gasteiger partial charge in [0.05, 0.1) is 6.61 Å². The van der Waals surface area contributed by atoms with E-state index in [1.807, 2.05) is 12.1 Å². The lowest BCUT2D eigenvalue weighted by molar-refractivity contribution is 0.305. The highest BCUT2D eigenvalue weighted by Crippen LogP contribution is 1.91. The lowest BCUT2D eigenvalue weighted by Crippen LogP contribution is -1.77. The summed E-state index contributed by atoms with van der Waals surface area (Å²) >= 11 is 0. The fourth-order valence-corrected chi connectivity index (χ4v) is 0.656. The molecule has 2 nitrogen and oxygen atoms in total. The van der Waals surface area contributed by atoms with Crippen LogP contribution in [0.5, 0.6) is 0 Å². The maximum atomic E-state index is 8.43. The Morgan fingerprint density at radius 1 is 1.36 bits per heavy atom. The highest BCUT2D eigenvalue weighted by Gasteiger charge is 1.80. The topological polar surface area (TPSA) is 33.1 Å². The zero-order valence-corrected chi connectivity index (χ0v) is 6.12. The maximum Gasteiger partial charge on any atom is 0.0540 e. The molecule has 0 atom stereocenters. The van der Waals surface area contributed by atoms with E-state index in [4.69, 9.17) is 5.11 Å². The first-order valence-corrected chi connectivity index (χ1v) is 3.43. The summed E-state index contributed by atoms with van der Waals surface area (Å²) in [4.78, 5) is 3.86. The quantitative estimate of drug-likeness (QED) is 0.596. The molecule has 1 aromatic rings. The van der Waals surface area contributed by atoms with E-state index in [-0.39, 0.29) is 6.61 Å². The minimum Gasteiger partial charge on any atom is -0.395 e. The van der Waals surface area contributed by atoms with Crippen molar-refractivity contribution in [1.82, 2.24) is 4.98 Å². The number of aliphatic hydroxyl groups excluding tert-OH is 1. The van der Waals surface area contributed by atoms with Crippen LogP contribution >= 0.6 is 0 Å². The zero-order valence-electron chi connectivity index (χ0n) is 6.12. The number of aromatic nitrogens is 1. The molecule has 0 fully saturated rings. The summed E-state index contributed by atoms with van der Waals surface area (Å²) in [6.07, 6.45) is 3.92. The third-order valence-electron chi connectivity index (χ3n) is 1.15. The highest BCUT2D eigenvalue weighted by molar-refractivity contribution is 5.31. The Labute approximate surface area is 65.9 Å². The lowest BCUT2D eigenvalue weighted by atomic mass is 10.3. The van der Waals surface area contributed by atoms with Crippen molar-refractivity contribution in [3.8, 4) is 11.8 Å². The molecule has 1 heterocycles. The monoisotopic (exact) mass is 147 g/mol. The van der Waals surface area contributed by atoms with Crippen LogP contribution in [0.15, 0.2) is 24.5 Å². The number of rotatable bonds is 1. The molecule has 0 aliphatic heterocycles. The van der Waals surface area contributed by atoms with Gasteiger partial charge in [0.15, 0.2) is 0 Å². The predicted molar refractivity (Wildman–Crippen MR) is 42.8 cm³/mol. The Kier molecular flexibility index (Phi) is 3.17. The number of pyridine rings is 1. The normalized spacial score (nSPS) is 8.45. The molecule has 11 heavy (non-hydrogen) atoms. The second-order valence-corrected chi connectivity index (χ2v) is 2.01. The van der Waals surface area contributed by atoms with Crippen molar-refractivity contribution in [2.24, 2.45) is 0 Å². The number of hydrogen-bond acceptors (Lipinski definition) is 2. The summed E-state index contributed by atoms with van der Waals surface area (Å²) in [5.74, 6) is 5.72. The summed E-state index contributed by atoms with van der Waals surface area (Å²) in [6, 6.07) is 3.68. The van der Waals surface area contributed by atoms with Crippen LogP contribution in [0.25, 0.3) is 0 Å². The van der Waals surface area contributed by atoms with E-state index in [1.54, 1.807) is 12.4 Å². The van der Waals surface area contributed by atoms with Crippen LogP contribution < -0.4 is 0 Å². The Balaban J connectivity index is 2.59. The molecule has 0 saturated carbocycles. The van der Waals surface area contributed by atoms with Crippen LogP contribution in [0.4, 0.5) is 0 Å². The molecular weight excluding hydrogens is 138 g/mol. The Morgan fingerprint density at radius 3 is 2.73 bits per heavy atom. The van der Waals surface area contributed by atoms with Gasteiger partial charge in [0.1, 0.15) is 0 Å². The van der Waals surface area contributed by atoms with Gasteiger partial charge in [-0.25, -0.2) is 0 Å². The molecule has 0 saturated heterocycles. The summed E-state index contributed by atoms with van der Waals surface area (Å²) in [5.41, 5.74) is 0.938. The fourth-order valence-electron chi connectivity index (χ4n) is 0.656. The van der Waals surface area contributed by atoms with E-state index >= 15 is 0 Å². The molecule has 0 radical (unpaired) electrons. The number of nitrogens with zero attached hydrogens (tertiary/aromatic N) is 1. The van der Waals surface area contributed by atoms with Crippen LogP contribution in [-0.2, 0) is 0 Å². The second-order valence-electron chi connectivity index (χ2n) is 2.01. The van der Waals surface area contributed by atoms with Crippen molar-refractivity contribution in [2.75, 3.05) is 6.61 Å². The molecule has 0 spiro atoms. The van der Waals surface area contributed by atoms with Gasteiger partial charge in [-0.3, -0.25) is 4.98 Å². The Morgan fingerprint density at radius 2 is 2.09 bits per heavy atom. The van der Waals surface area contributed by atoms with E-state index in [2.05, 4.69) is 16.8 Å². The third kappa shape index (κ3) is 2.83. The molecule has 0 unspecified atom stereocenters. The van der Waals surface area contributed by atoms with Crippen molar-refractivity contribution in [3.05, 3.63) is 30.1 Å². The van der Waals surface area contributed by atoms with E-state index in [1.165, 1.54) is 0 Å². The summed E-state index contributed by atoms with van der Waals surface area (Å²) in [5, 5.41) is 8.43. The predicted octanol–water partition coefficient (Wildman–Crippen LogP) is 0.815. The largest absolute Gasteiger partial charge is 0.395 e. The molecule has 1 N–H and O–H groups in total. The maximum absolute atomic E-state index is 8.43. The van der Waals surface area contributed by atoms with Gasteiger partial charge < -0.3 is 5.11 Å². The van der Waals surface area contributed by atoms with Crippen LogP contribution in [0.3, 0.4) is 0 Å². The van der Waals surface area contributed by atoms with E-state index in [0.29, 0.717) is 6.42 Å². The first-order chi connectivity index (χ1) is 5.43. The van der Waals surface area contributed by atoms with Crippen LogP contribution in [0.1, 0.15) is 12.0 Å². The average Bonchev–Trinajstić information content (AvgIpc) is 2.07. The summed E-state index contributed by atoms with van der Waals surface area (Å²) in [7, 11) is 0. The molecule has 0 aliphatic rings. The Bertz CT molecular complexity index is 258.